The van der Waals surface area contributed by atoms with Gasteiger partial charge in [-0.3, -0.25) is 4.79 Å². The summed E-state index contributed by atoms with van der Waals surface area (Å²) in [5.74, 6) is -0.559. The summed E-state index contributed by atoms with van der Waals surface area (Å²) in [6.07, 6.45) is -3.47. The van der Waals surface area contributed by atoms with E-state index in [1.807, 2.05) is 0 Å². The molecule has 2 atom stereocenters. The van der Waals surface area contributed by atoms with E-state index in [4.69, 9.17) is 0 Å². The average Bonchev–Trinajstić information content (AvgIpc) is 2.43. The second kappa shape index (κ2) is 7.40. The van der Waals surface area contributed by atoms with Crippen LogP contribution in [0.3, 0.4) is 0 Å². The van der Waals surface area contributed by atoms with Crippen molar-refractivity contribution in [3.63, 3.8) is 0 Å². The fourth-order valence-corrected chi connectivity index (χ4v) is 2.68. The molecule has 0 radical (unpaired) electrons. The second-order valence-corrected chi connectivity index (χ2v) is 7.21. The van der Waals surface area contributed by atoms with Crippen LogP contribution in [0.25, 0.3) is 0 Å². The van der Waals surface area contributed by atoms with Gasteiger partial charge in [-0.1, -0.05) is 20.8 Å². The van der Waals surface area contributed by atoms with Gasteiger partial charge in [0.2, 0.25) is 5.91 Å². The zero-order valence-corrected chi connectivity index (χ0v) is 14.1. The zero-order valence-electron chi connectivity index (χ0n) is 14.1. The molecular weight excluding hydrogens is 311 g/mol. The summed E-state index contributed by atoms with van der Waals surface area (Å²) in [7, 11) is 1.50. The molecule has 0 bridgehead atoms. The molecule has 2 N–H and O–H groups in total. The number of rotatable bonds is 3. The number of carbonyl (C=O) groups is 2. The van der Waals surface area contributed by atoms with Gasteiger partial charge in [-0.2, -0.15) is 13.2 Å². The number of likely N-dealkylation sites (tertiary alicyclic amines) is 1. The Morgan fingerprint density at radius 2 is 1.87 bits per heavy atom. The van der Waals surface area contributed by atoms with Crippen molar-refractivity contribution in [2.75, 3.05) is 20.1 Å². The standard InChI is InChI=1S/C15H26F3N3O2/c1-14(2,3)8-11(15(16,17)18)20-13(23)21-7-5-6-10(9-21)12(22)19-4/h10-11H,5-9H2,1-4H3,(H,19,22)(H,20,23). The van der Waals surface area contributed by atoms with E-state index in [0.29, 0.717) is 19.4 Å². The van der Waals surface area contributed by atoms with E-state index in [0.717, 1.165) is 0 Å². The van der Waals surface area contributed by atoms with Gasteiger partial charge in [0.1, 0.15) is 6.04 Å². The molecule has 2 unspecified atom stereocenters. The van der Waals surface area contributed by atoms with Gasteiger partial charge in [-0.25, -0.2) is 4.79 Å². The molecule has 0 aliphatic carbocycles. The molecule has 0 spiro atoms. The molecule has 1 heterocycles. The molecule has 0 saturated carbocycles. The summed E-state index contributed by atoms with van der Waals surface area (Å²) in [4.78, 5) is 25.1. The maximum Gasteiger partial charge on any atom is 0.408 e. The summed E-state index contributed by atoms with van der Waals surface area (Å²) in [5, 5.41) is 4.60. The van der Waals surface area contributed by atoms with Crippen molar-refractivity contribution in [3.05, 3.63) is 0 Å². The molecule has 1 aliphatic rings. The topological polar surface area (TPSA) is 61.4 Å². The minimum Gasteiger partial charge on any atom is -0.359 e. The fraction of sp³-hybridized carbons (Fsp3) is 0.867. The number of hydrogen-bond donors (Lipinski definition) is 2. The molecule has 1 saturated heterocycles. The maximum atomic E-state index is 13.1. The fourth-order valence-electron chi connectivity index (χ4n) is 2.68. The Balaban J connectivity index is 2.73. The van der Waals surface area contributed by atoms with Crippen LogP contribution < -0.4 is 10.6 Å². The Morgan fingerprint density at radius 3 is 2.35 bits per heavy atom. The summed E-state index contributed by atoms with van der Waals surface area (Å²) < 4.78 is 39.4. The Bertz CT molecular complexity index is 433. The molecule has 1 fully saturated rings. The molecule has 1 aliphatic heterocycles. The van der Waals surface area contributed by atoms with Gasteiger partial charge in [-0.05, 0) is 24.7 Å². The number of nitrogens with zero attached hydrogens (tertiary/aromatic N) is 1. The lowest BCUT2D eigenvalue weighted by Crippen LogP contribution is -2.54. The predicted molar refractivity (Wildman–Crippen MR) is 80.8 cm³/mol. The Kier molecular flexibility index (Phi) is 6.30. The van der Waals surface area contributed by atoms with Crippen LogP contribution >= 0.6 is 0 Å². The number of urea groups is 1. The largest absolute Gasteiger partial charge is 0.408 e. The van der Waals surface area contributed by atoms with Crippen LogP contribution in [-0.2, 0) is 4.79 Å². The molecule has 134 valence electrons. The monoisotopic (exact) mass is 337 g/mol. The number of hydrogen-bond acceptors (Lipinski definition) is 2. The van der Waals surface area contributed by atoms with Crippen LogP contribution in [0.15, 0.2) is 0 Å². The molecule has 23 heavy (non-hydrogen) atoms. The summed E-state index contributed by atoms with van der Waals surface area (Å²) in [6, 6.07) is -2.65. The lowest BCUT2D eigenvalue weighted by Gasteiger charge is -2.34. The highest BCUT2D eigenvalue weighted by Crippen LogP contribution is 2.31. The van der Waals surface area contributed by atoms with Gasteiger partial charge < -0.3 is 15.5 Å². The number of amides is 3. The molecule has 0 aromatic rings. The van der Waals surface area contributed by atoms with E-state index < -0.39 is 23.7 Å². The van der Waals surface area contributed by atoms with Gasteiger partial charge >= 0.3 is 12.2 Å². The van der Waals surface area contributed by atoms with Crippen LogP contribution in [0.1, 0.15) is 40.0 Å². The first-order chi connectivity index (χ1) is 10.4. The quantitative estimate of drug-likeness (QED) is 0.831. The number of nitrogens with one attached hydrogen (secondary N) is 2. The van der Waals surface area contributed by atoms with E-state index in [1.165, 1.54) is 11.9 Å². The molecule has 8 heteroatoms. The SMILES string of the molecule is CNC(=O)C1CCCN(C(=O)NC(CC(C)(C)C)C(F)(F)F)C1. The number of piperidine rings is 1. The van der Waals surface area contributed by atoms with Crippen molar-refractivity contribution >= 4 is 11.9 Å². The van der Waals surface area contributed by atoms with Crippen molar-refractivity contribution in [1.29, 1.82) is 0 Å². The molecule has 0 aromatic carbocycles. The highest BCUT2D eigenvalue weighted by atomic mass is 19.4. The van der Waals surface area contributed by atoms with Crippen LogP contribution in [0.5, 0.6) is 0 Å². The first-order valence-electron chi connectivity index (χ1n) is 7.78. The molecule has 0 aromatic heterocycles. The zero-order chi connectivity index (χ0) is 17.8. The first kappa shape index (κ1) is 19.6. The predicted octanol–water partition coefficient (Wildman–Crippen LogP) is 2.52. The van der Waals surface area contributed by atoms with Gasteiger partial charge in [0, 0.05) is 20.1 Å². The van der Waals surface area contributed by atoms with E-state index >= 15 is 0 Å². The molecule has 3 amide bonds. The lowest BCUT2D eigenvalue weighted by molar-refractivity contribution is -0.159. The third-order valence-electron chi connectivity index (χ3n) is 3.84. The van der Waals surface area contributed by atoms with Crippen molar-refractivity contribution in [1.82, 2.24) is 15.5 Å². The number of halogens is 3. The third kappa shape index (κ3) is 6.27. The second-order valence-electron chi connectivity index (χ2n) is 7.21. The summed E-state index contributed by atoms with van der Waals surface area (Å²) in [5.41, 5.74) is -0.569. The Hall–Kier alpha value is -1.47. The van der Waals surface area contributed by atoms with Crippen molar-refractivity contribution in [3.8, 4) is 0 Å². The molecule has 5 nitrogen and oxygen atoms in total. The number of carbonyl (C=O) groups excluding carboxylic acids is 2. The van der Waals surface area contributed by atoms with Crippen molar-refractivity contribution < 1.29 is 22.8 Å². The molecular formula is C15H26F3N3O2. The maximum absolute atomic E-state index is 13.1. The highest BCUT2D eigenvalue weighted by molar-refractivity contribution is 5.80. The summed E-state index contributed by atoms with van der Waals surface area (Å²) >= 11 is 0. The highest BCUT2D eigenvalue weighted by Gasteiger charge is 2.43. The van der Waals surface area contributed by atoms with Crippen LogP contribution in [0.2, 0.25) is 0 Å². The van der Waals surface area contributed by atoms with Crippen molar-refractivity contribution in [2.45, 2.75) is 52.3 Å². The minimum absolute atomic E-state index is 0.144. The van der Waals surface area contributed by atoms with Crippen LogP contribution in [0, 0.1) is 11.3 Å². The first-order valence-corrected chi connectivity index (χ1v) is 7.78. The van der Waals surface area contributed by atoms with Gasteiger partial charge in [0.15, 0.2) is 0 Å². The van der Waals surface area contributed by atoms with Gasteiger partial charge in [0.05, 0.1) is 5.92 Å². The van der Waals surface area contributed by atoms with Gasteiger partial charge in [0.25, 0.3) is 0 Å². The normalized spacial score (nSPS) is 20.8. The molecule has 1 rings (SSSR count). The number of alkyl halides is 3. The average molecular weight is 337 g/mol. The summed E-state index contributed by atoms with van der Waals surface area (Å²) in [6.45, 7) is 5.59. The van der Waals surface area contributed by atoms with Crippen LogP contribution in [0.4, 0.5) is 18.0 Å². The lowest BCUT2D eigenvalue weighted by atomic mass is 9.88. The van der Waals surface area contributed by atoms with E-state index in [9.17, 15) is 22.8 Å². The van der Waals surface area contributed by atoms with Crippen LogP contribution in [-0.4, -0.2) is 49.2 Å². The van der Waals surface area contributed by atoms with E-state index in [1.54, 1.807) is 20.8 Å². The van der Waals surface area contributed by atoms with Gasteiger partial charge in [-0.15, -0.1) is 0 Å². The van der Waals surface area contributed by atoms with E-state index in [2.05, 4.69) is 10.6 Å². The minimum atomic E-state index is -4.50. The van der Waals surface area contributed by atoms with Crippen molar-refractivity contribution in [2.24, 2.45) is 11.3 Å². The van der Waals surface area contributed by atoms with E-state index in [-0.39, 0.29) is 24.8 Å². The Labute approximate surface area is 135 Å². The smallest absolute Gasteiger partial charge is 0.359 e. The third-order valence-corrected chi connectivity index (χ3v) is 3.84. The Morgan fingerprint density at radius 1 is 1.26 bits per heavy atom.